The average molecular weight is 1340 g/mol. The number of aromatic nitrogens is 3. The number of hydrogen-bond acceptors (Lipinski definition) is 4. The van der Waals surface area contributed by atoms with E-state index < -0.39 is 0 Å². The number of nitrogens with zero attached hydrogens (tertiary/aromatic N) is 5. The molecule has 10 aromatic carbocycles. The van der Waals surface area contributed by atoms with Gasteiger partial charge in [-0.25, -0.2) is 0 Å². The number of pyridine rings is 1. The third kappa shape index (κ3) is 11.2. The summed E-state index contributed by atoms with van der Waals surface area (Å²) in [6.45, 7) is 27.6. The van der Waals surface area contributed by atoms with E-state index in [1.165, 1.54) is 33.4 Å². The van der Waals surface area contributed by atoms with Crippen molar-refractivity contribution in [2.24, 2.45) is 0 Å². The molecule has 7 heteroatoms. The van der Waals surface area contributed by atoms with Gasteiger partial charge in [0.05, 0.1) is 5.69 Å². The molecular weight excluding hydrogens is 1270 g/mol. The summed E-state index contributed by atoms with van der Waals surface area (Å²) in [6.07, 6.45) is 1.96. The van der Waals surface area contributed by atoms with Crippen molar-refractivity contribution in [3.63, 3.8) is 0 Å². The SMILES string of the molecule is CC(C)(C)c1cc(N2c3ccccc3-c3ccccc3N(c3cc(C(C)(C)C)ccn3)c3cc(Oc4cccc(-n5[c](=[Pt])n(-c6c(-c7ccccc7)cc(C(C)(C)C)cc6-c6ccccc6)c6ccccc65)c4)ccc3-c3ccccc32)cc(C(C)(C)C)c1. The molecule has 0 saturated heterocycles. The minimum atomic E-state index is -0.145. The second kappa shape index (κ2) is 22.8. The van der Waals surface area contributed by atoms with Crippen molar-refractivity contribution < 1.29 is 24.1 Å². The number of rotatable bonds is 8. The summed E-state index contributed by atoms with van der Waals surface area (Å²) < 4.78 is 13.1. The molecule has 0 radical (unpaired) electrons. The van der Waals surface area contributed by atoms with Gasteiger partial charge in [0, 0.05) is 17.4 Å². The van der Waals surface area contributed by atoms with E-state index in [1.54, 1.807) is 0 Å². The van der Waals surface area contributed by atoms with Crippen molar-refractivity contribution in [2.75, 3.05) is 9.80 Å². The topological polar surface area (TPSA) is 38.5 Å². The summed E-state index contributed by atoms with van der Waals surface area (Å²) in [7, 11) is 0. The van der Waals surface area contributed by atoms with Crippen LogP contribution in [-0.4, -0.2) is 14.1 Å². The van der Waals surface area contributed by atoms with Gasteiger partial charge in [-0.3, -0.25) is 0 Å². The fraction of sp³-hybridized carbons (Fsp3) is 0.195. The maximum atomic E-state index is 7.27. The average Bonchev–Trinajstić information content (AvgIpc) is 1.85. The van der Waals surface area contributed by atoms with Crippen molar-refractivity contribution in [2.45, 2.75) is 105 Å². The second-order valence-corrected chi connectivity index (χ2v) is 28.7. The molecule has 13 rings (SSSR count). The van der Waals surface area contributed by atoms with Crippen LogP contribution >= 0.6 is 0 Å². The number of benzene rings is 10. The van der Waals surface area contributed by atoms with Gasteiger partial charge < -0.3 is 4.90 Å². The van der Waals surface area contributed by atoms with Gasteiger partial charge in [0.1, 0.15) is 0 Å². The molecule has 446 valence electrons. The van der Waals surface area contributed by atoms with Crippen LogP contribution in [0, 0.1) is 3.80 Å². The van der Waals surface area contributed by atoms with Crippen molar-refractivity contribution in [1.82, 2.24) is 14.1 Å². The molecule has 0 amide bonds. The molecule has 12 aromatic rings. The Kier molecular flexibility index (Phi) is 15.1. The van der Waals surface area contributed by atoms with Gasteiger partial charge >= 0.3 is 332 Å². The molecule has 2 aromatic heterocycles. The monoisotopic (exact) mass is 1340 g/mol. The third-order valence-electron chi connectivity index (χ3n) is 17.4. The summed E-state index contributed by atoms with van der Waals surface area (Å²) >= 11 is 2.55. The number of imidazole rings is 1. The predicted octanol–water partition coefficient (Wildman–Crippen LogP) is 22.8. The first kappa shape index (κ1) is 58.9. The van der Waals surface area contributed by atoms with E-state index in [9.17, 15) is 0 Å². The number of ether oxygens (including phenoxy) is 1. The molecule has 0 atom stereocenters. The number of anilines is 6. The fourth-order valence-corrected chi connectivity index (χ4v) is 13.5. The van der Waals surface area contributed by atoms with E-state index in [4.69, 9.17) is 9.72 Å². The molecule has 0 fully saturated rings. The van der Waals surface area contributed by atoms with Gasteiger partial charge in [0.15, 0.2) is 0 Å². The molecule has 6 nitrogen and oxygen atoms in total. The zero-order chi connectivity index (χ0) is 62.1. The van der Waals surface area contributed by atoms with E-state index in [1.807, 2.05) is 6.20 Å². The third-order valence-corrected chi connectivity index (χ3v) is 18.4. The number of hydrogen-bond donors (Lipinski definition) is 0. The van der Waals surface area contributed by atoms with Crippen LogP contribution < -0.4 is 14.5 Å². The quantitative estimate of drug-likeness (QED) is 0.152. The summed E-state index contributed by atoms with van der Waals surface area (Å²) in [4.78, 5) is 10.1. The van der Waals surface area contributed by atoms with Gasteiger partial charge in [0.25, 0.3) is 0 Å². The molecule has 0 bridgehead atoms. The minimum Gasteiger partial charge on any atom is -0.0615 e. The molecule has 0 aliphatic carbocycles. The normalized spacial score (nSPS) is 12.7. The van der Waals surface area contributed by atoms with Crippen LogP contribution in [0.4, 0.5) is 34.3 Å². The van der Waals surface area contributed by atoms with Crippen molar-refractivity contribution in [3.05, 3.63) is 275 Å². The van der Waals surface area contributed by atoms with E-state index in [0.29, 0.717) is 11.5 Å². The first-order chi connectivity index (χ1) is 42.6. The summed E-state index contributed by atoms with van der Waals surface area (Å²) in [5.74, 6) is 2.21. The molecule has 0 saturated carbocycles. The fourth-order valence-electron chi connectivity index (χ4n) is 12.5. The van der Waals surface area contributed by atoms with Gasteiger partial charge in [-0.15, -0.1) is 0 Å². The molecule has 0 unspecified atom stereocenters. The summed E-state index contributed by atoms with van der Waals surface area (Å²) in [5.41, 5.74) is 23.0. The Labute approximate surface area is 536 Å². The molecule has 1 aliphatic rings. The van der Waals surface area contributed by atoms with Crippen LogP contribution in [0.25, 0.3) is 66.9 Å². The first-order valence-electron chi connectivity index (χ1n) is 31.0. The Bertz CT molecular complexity index is 4620. The van der Waals surface area contributed by atoms with Crippen LogP contribution in [0.5, 0.6) is 11.5 Å². The van der Waals surface area contributed by atoms with Crippen LogP contribution in [-0.2, 0) is 41.0 Å². The zero-order valence-corrected chi connectivity index (χ0v) is 55.4. The molecule has 1 aliphatic heterocycles. The van der Waals surface area contributed by atoms with E-state index in [2.05, 4.69) is 364 Å². The van der Waals surface area contributed by atoms with Crippen LogP contribution in [0.15, 0.2) is 249 Å². The predicted molar refractivity (Wildman–Crippen MR) is 370 cm³/mol. The van der Waals surface area contributed by atoms with Crippen molar-refractivity contribution in [1.29, 1.82) is 0 Å². The van der Waals surface area contributed by atoms with Gasteiger partial charge in [-0.05, 0) is 63.3 Å². The molecule has 3 heterocycles. The summed E-state index contributed by atoms with van der Waals surface area (Å²) in [5, 5.41) is 0. The van der Waals surface area contributed by atoms with Gasteiger partial charge in [-0.2, -0.15) is 0 Å². The number of para-hydroxylation sites is 5. The van der Waals surface area contributed by atoms with Gasteiger partial charge in [0.2, 0.25) is 0 Å². The first-order valence-corrected chi connectivity index (χ1v) is 32.1. The van der Waals surface area contributed by atoms with E-state index in [-0.39, 0.29) is 21.7 Å². The van der Waals surface area contributed by atoms with Crippen LogP contribution in [0.1, 0.15) is 105 Å². The Balaban J connectivity index is 1.02. The molecule has 0 N–H and O–H groups in total. The zero-order valence-electron chi connectivity index (χ0n) is 53.1. The van der Waals surface area contributed by atoms with Crippen molar-refractivity contribution in [3.8, 4) is 67.4 Å². The van der Waals surface area contributed by atoms with Crippen LogP contribution in [0.3, 0.4) is 0 Å². The molecule has 89 heavy (non-hydrogen) atoms. The summed E-state index contributed by atoms with van der Waals surface area (Å²) in [6, 6.07) is 88.7. The Morgan fingerprint density at radius 2 is 0.775 bits per heavy atom. The smallest absolute Gasteiger partial charge is 0.0615 e. The standard InChI is InChI=1S/C82H77N5O.Pt/c1-79(2,3)57-44-45-83-77(51-57)87-73-39-24-21-35-66(73)65-34-19-22-37-71(65)86(62-47-58(80(4,5)6)46-59(48-62)81(7,8)9)72-38-23-20-36-67(72)68-43-42-64(53-76(68)87)88-63-33-27-32-61(52-63)84-54-85(75-41-26-25-40-74(75)84)78-69(55-28-15-13-16-29-55)49-60(82(10,11)12)50-70(78)56-30-17-14-18-31-56;/h13-53H,1-12H3;. The van der Waals surface area contributed by atoms with Crippen LogP contribution in [0.2, 0.25) is 0 Å². The number of fused-ring (bicyclic) bond motifs is 7. The molecular formula is C82H77N5OPt. The van der Waals surface area contributed by atoms with Crippen molar-refractivity contribution >= 4 is 45.3 Å². The molecule has 0 spiro atoms. The Morgan fingerprint density at radius 3 is 1.30 bits per heavy atom. The second-order valence-electron chi connectivity index (χ2n) is 27.7. The maximum absolute atomic E-state index is 7.27. The van der Waals surface area contributed by atoms with Gasteiger partial charge in [-0.1, -0.05) is 117 Å². The van der Waals surface area contributed by atoms with E-state index >= 15 is 0 Å². The Morgan fingerprint density at radius 1 is 0.326 bits per heavy atom. The minimum absolute atomic E-state index is 0.0992. The van der Waals surface area contributed by atoms with E-state index in [0.717, 1.165) is 93.8 Å². The Hall–Kier alpha value is -9.09.